The predicted octanol–water partition coefficient (Wildman–Crippen LogP) is 3.52. The number of aromatic amines is 1. The fourth-order valence-electron chi connectivity index (χ4n) is 3.16. The van der Waals surface area contributed by atoms with Crippen molar-refractivity contribution in [3.63, 3.8) is 0 Å². The molecule has 0 saturated carbocycles. The first-order chi connectivity index (χ1) is 13.1. The van der Waals surface area contributed by atoms with Crippen LogP contribution in [0.1, 0.15) is 23.7 Å². The fourth-order valence-corrected chi connectivity index (χ4v) is 3.70. The number of halogens is 1. The molecule has 1 aliphatic rings. The third-order valence-electron chi connectivity index (χ3n) is 4.59. The summed E-state index contributed by atoms with van der Waals surface area (Å²) in [5.41, 5.74) is 5.53. The second-order valence-electron chi connectivity index (χ2n) is 6.32. The molecule has 0 saturated heterocycles. The summed E-state index contributed by atoms with van der Waals surface area (Å²) < 4.78 is 13.5. The van der Waals surface area contributed by atoms with Crippen LogP contribution in [-0.4, -0.2) is 32.2 Å². The van der Waals surface area contributed by atoms with Crippen molar-refractivity contribution in [2.24, 2.45) is 0 Å². The predicted molar refractivity (Wildman–Crippen MR) is 98.5 cm³/mol. The molecule has 136 valence electrons. The van der Waals surface area contributed by atoms with E-state index in [-0.39, 0.29) is 17.6 Å². The molecule has 3 aromatic rings. The first-order valence-corrected chi connectivity index (χ1v) is 9.23. The number of H-pyrrole nitrogens is 1. The van der Waals surface area contributed by atoms with Crippen molar-refractivity contribution in [2.45, 2.75) is 25.9 Å². The van der Waals surface area contributed by atoms with E-state index < -0.39 is 5.82 Å². The number of anilines is 1. The Morgan fingerprint density at radius 3 is 3.11 bits per heavy atom. The molecule has 0 bridgehead atoms. The van der Waals surface area contributed by atoms with Gasteiger partial charge in [-0.2, -0.15) is 10.4 Å². The van der Waals surface area contributed by atoms with Gasteiger partial charge in [-0.05, 0) is 25.1 Å². The minimum atomic E-state index is -0.613. The number of rotatable bonds is 2. The number of nitrogens with one attached hydrogen (secondary N) is 2. The van der Waals surface area contributed by atoms with Crippen LogP contribution in [0, 0.1) is 17.1 Å². The second kappa shape index (κ2) is 6.81. The maximum absolute atomic E-state index is 13.5. The number of nitrogens with zero attached hydrogens (tertiary/aromatic N) is 4. The average Bonchev–Trinajstić information content (AvgIpc) is 3.31. The largest absolute Gasteiger partial charge is 0.322 e. The number of benzene rings is 1. The van der Waals surface area contributed by atoms with Crippen LogP contribution in [0.3, 0.4) is 0 Å². The number of hydrogen-bond donors (Lipinski definition) is 2. The zero-order valence-corrected chi connectivity index (χ0v) is 15.2. The maximum atomic E-state index is 13.5. The molecule has 0 aliphatic carbocycles. The first kappa shape index (κ1) is 17.2. The SMILES string of the molecule is C[C@H]1Cc2n[nH]c(-c3cscn3)c2CN1C(=O)Nc1ccc(F)c(C#N)c1. The van der Waals surface area contributed by atoms with Gasteiger partial charge in [-0.15, -0.1) is 11.3 Å². The minimum absolute atomic E-state index is 0.0556. The van der Waals surface area contributed by atoms with E-state index in [0.29, 0.717) is 18.7 Å². The van der Waals surface area contributed by atoms with Crippen LogP contribution in [0.2, 0.25) is 0 Å². The molecule has 0 spiro atoms. The number of carbonyl (C=O) groups excluding carboxylic acids is 1. The Balaban J connectivity index is 1.57. The molecule has 4 rings (SSSR count). The molecular weight excluding hydrogens is 367 g/mol. The Bertz CT molecular complexity index is 1040. The van der Waals surface area contributed by atoms with Crippen LogP contribution < -0.4 is 5.32 Å². The quantitative estimate of drug-likeness (QED) is 0.708. The van der Waals surface area contributed by atoms with Gasteiger partial charge in [0, 0.05) is 29.1 Å². The van der Waals surface area contributed by atoms with Gasteiger partial charge in [0.1, 0.15) is 11.9 Å². The lowest BCUT2D eigenvalue weighted by atomic mass is 9.99. The van der Waals surface area contributed by atoms with Crippen LogP contribution >= 0.6 is 11.3 Å². The molecule has 9 heteroatoms. The third kappa shape index (κ3) is 3.15. The summed E-state index contributed by atoms with van der Waals surface area (Å²) in [6, 6.07) is 5.34. The monoisotopic (exact) mass is 382 g/mol. The van der Waals surface area contributed by atoms with Gasteiger partial charge < -0.3 is 10.2 Å². The Morgan fingerprint density at radius 2 is 2.37 bits per heavy atom. The zero-order chi connectivity index (χ0) is 19.0. The number of fused-ring (bicyclic) bond motifs is 1. The summed E-state index contributed by atoms with van der Waals surface area (Å²) in [4.78, 5) is 18.8. The van der Waals surface area contributed by atoms with Gasteiger partial charge in [0.2, 0.25) is 0 Å². The summed E-state index contributed by atoms with van der Waals surface area (Å²) in [6.45, 7) is 2.34. The molecule has 7 nitrogen and oxygen atoms in total. The van der Waals surface area contributed by atoms with Crippen molar-refractivity contribution in [3.05, 3.63) is 51.7 Å². The number of nitriles is 1. The molecule has 2 N–H and O–H groups in total. The van der Waals surface area contributed by atoms with Crippen molar-refractivity contribution >= 4 is 23.1 Å². The van der Waals surface area contributed by atoms with Crippen molar-refractivity contribution in [1.82, 2.24) is 20.1 Å². The first-order valence-electron chi connectivity index (χ1n) is 8.28. The maximum Gasteiger partial charge on any atom is 0.322 e. The van der Waals surface area contributed by atoms with Crippen LogP contribution in [0.25, 0.3) is 11.4 Å². The highest BCUT2D eigenvalue weighted by molar-refractivity contribution is 7.07. The molecule has 3 heterocycles. The average molecular weight is 382 g/mol. The second-order valence-corrected chi connectivity index (χ2v) is 7.03. The van der Waals surface area contributed by atoms with Gasteiger partial charge in [-0.25, -0.2) is 14.2 Å². The summed E-state index contributed by atoms with van der Waals surface area (Å²) in [5, 5.41) is 21.0. The van der Waals surface area contributed by atoms with E-state index in [4.69, 9.17) is 5.26 Å². The molecule has 1 aromatic carbocycles. The highest BCUT2D eigenvalue weighted by Gasteiger charge is 2.31. The zero-order valence-electron chi connectivity index (χ0n) is 14.4. The molecule has 1 aliphatic heterocycles. The summed E-state index contributed by atoms with van der Waals surface area (Å²) in [5.74, 6) is -0.613. The smallest absolute Gasteiger partial charge is 0.317 e. The highest BCUT2D eigenvalue weighted by atomic mass is 32.1. The van der Waals surface area contributed by atoms with E-state index >= 15 is 0 Å². The molecular formula is C18H15FN6OS. The van der Waals surface area contributed by atoms with Crippen molar-refractivity contribution in [3.8, 4) is 17.5 Å². The molecule has 0 unspecified atom stereocenters. The lowest BCUT2D eigenvalue weighted by Crippen LogP contribution is -2.44. The Kier molecular flexibility index (Phi) is 4.33. The minimum Gasteiger partial charge on any atom is -0.317 e. The highest BCUT2D eigenvalue weighted by Crippen LogP contribution is 2.30. The molecule has 27 heavy (non-hydrogen) atoms. The number of amides is 2. The van der Waals surface area contributed by atoms with Crippen molar-refractivity contribution < 1.29 is 9.18 Å². The lowest BCUT2D eigenvalue weighted by Gasteiger charge is -2.33. The van der Waals surface area contributed by atoms with E-state index in [1.165, 1.54) is 29.5 Å². The number of aromatic nitrogens is 3. The van der Waals surface area contributed by atoms with E-state index in [1.807, 2.05) is 12.3 Å². The van der Waals surface area contributed by atoms with Crippen LogP contribution in [0.15, 0.2) is 29.1 Å². The van der Waals surface area contributed by atoms with Crippen molar-refractivity contribution in [1.29, 1.82) is 5.26 Å². The molecule has 2 amide bonds. The van der Waals surface area contributed by atoms with Crippen LogP contribution in [-0.2, 0) is 13.0 Å². The van der Waals surface area contributed by atoms with E-state index in [2.05, 4.69) is 20.5 Å². The van der Waals surface area contributed by atoms with Crippen LogP contribution in [0.5, 0.6) is 0 Å². The Labute approximate surface area is 158 Å². The summed E-state index contributed by atoms with van der Waals surface area (Å²) >= 11 is 1.49. The normalized spacial score (nSPS) is 15.9. The van der Waals surface area contributed by atoms with Crippen LogP contribution in [0.4, 0.5) is 14.9 Å². The van der Waals surface area contributed by atoms with Gasteiger partial charge in [-0.1, -0.05) is 0 Å². The van der Waals surface area contributed by atoms with Gasteiger partial charge in [0.15, 0.2) is 0 Å². The topological polar surface area (TPSA) is 97.7 Å². The van der Waals surface area contributed by atoms with Gasteiger partial charge in [-0.3, -0.25) is 5.10 Å². The number of thiazole rings is 1. The van der Waals surface area contributed by atoms with Crippen molar-refractivity contribution in [2.75, 3.05) is 5.32 Å². The third-order valence-corrected chi connectivity index (χ3v) is 5.18. The standard InChI is InChI=1S/C18H15FN6OS/c1-10-4-15-13(17(24-23-15)16-8-27-9-21-16)7-25(10)18(26)22-12-2-3-14(19)11(5-12)6-20/h2-3,5,8-10H,4,7H2,1H3,(H,22,26)(H,23,24)/t10-/m0/s1. The van der Waals surface area contributed by atoms with Gasteiger partial charge >= 0.3 is 6.03 Å². The fraction of sp³-hybridized carbons (Fsp3) is 0.222. The van der Waals surface area contributed by atoms with E-state index in [1.54, 1.807) is 16.5 Å². The number of hydrogen-bond acceptors (Lipinski definition) is 5. The summed E-state index contributed by atoms with van der Waals surface area (Å²) in [7, 11) is 0. The van der Waals surface area contributed by atoms with E-state index in [0.717, 1.165) is 22.6 Å². The number of urea groups is 1. The van der Waals surface area contributed by atoms with Gasteiger partial charge in [0.05, 0.1) is 34.7 Å². The molecule has 0 fully saturated rings. The molecule has 1 atom stereocenters. The molecule has 2 aromatic heterocycles. The van der Waals surface area contributed by atoms with Gasteiger partial charge in [0.25, 0.3) is 0 Å². The Hall–Kier alpha value is -3.25. The summed E-state index contributed by atoms with van der Waals surface area (Å²) in [6.07, 6.45) is 0.621. The van der Waals surface area contributed by atoms with E-state index in [9.17, 15) is 9.18 Å². The number of carbonyl (C=O) groups is 1. The Morgan fingerprint density at radius 1 is 1.52 bits per heavy atom. The molecule has 0 radical (unpaired) electrons. The lowest BCUT2D eigenvalue weighted by molar-refractivity contribution is 0.182.